The Labute approximate surface area is 210 Å². The van der Waals surface area contributed by atoms with Gasteiger partial charge in [0.2, 0.25) is 0 Å². The zero-order valence-corrected chi connectivity index (χ0v) is 20.8. The monoisotopic (exact) mass is 492 g/mol. The molecule has 0 saturated heterocycles. The van der Waals surface area contributed by atoms with Crippen LogP contribution in [0.2, 0.25) is 5.02 Å². The Morgan fingerprint density at radius 3 is 2.60 bits per heavy atom. The number of hydrogen-bond donors (Lipinski definition) is 1. The maximum atomic E-state index is 13.3. The van der Waals surface area contributed by atoms with Gasteiger partial charge in [0.1, 0.15) is 5.75 Å². The number of halogens is 1. The van der Waals surface area contributed by atoms with E-state index in [4.69, 9.17) is 21.2 Å². The molecule has 0 fully saturated rings. The van der Waals surface area contributed by atoms with Gasteiger partial charge >= 0.3 is 6.03 Å². The molecule has 0 aliphatic carbocycles. The van der Waals surface area contributed by atoms with Crippen molar-refractivity contribution in [3.63, 3.8) is 0 Å². The first-order valence-corrected chi connectivity index (χ1v) is 11.7. The molecule has 2 amide bonds. The molecule has 1 heterocycles. The number of nitrogens with zero attached hydrogens (tertiary/aromatic N) is 3. The lowest BCUT2D eigenvalue weighted by atomic mass is 10.0. The van der Waals surface area contributed by atoms with Crippen LogP contribution in [-0.4, -0.2) is 50.5 Å². The number of carbonyl (C=O) groups excluding carboxylic acids is 1. The summed E-state index contributed by atoms with van der Waals surface area (Å²) in [6.07, 6.45) is 0.344. The molecule has 0 bridgehead atoms. The number of nitrogens with one attached hydrogen (secondary N) is 1. The second-order valence-corrected chi connectivity index (χ2v) is 8.99. The van der Waals surface area contributed by atoms with Gasteiger partial charge in [0, 0.05) is 37.8 Å². The summed E-state index contributed by atoms with van der Waals surface area (Å²) >= 11 is 6.18. The summed E-state index contributed by atoms with van der Waals surface area (Å²) < 4.78 is 5.38. The average molecular weight is 493 g/mol. The second kappa shape index (κ2) is 11.1. The molecule has 4 rings (SSSR count). The summed E-state index contributed by atoms with van der Waals surface area (Å²) in [6.45, 7) is 0.727. The summed E-state index contributed by atoms with van der Waals surface area (Å²) in [4.78, 5) is 22.8. The number of rotatable bonds is 8. The SMILES string of the molecule is COc1ccccc1NC(=O)N(Cc1cccc(Cl)c1)CC1CC(c2ccc(N(C)C)cc2)=NO1. The number of ether oxygens (including phenoxy) is 1. The van der Waals surface area contributed by atoms with Gasteiger partial charge in [-0.05, 0) is 47.5 Å². The molecular formula is C27H29ClN4O3. The zero-order chi connectivity index (χ0) is 24.8. The normalized spacial score (nSPS) is 14.6. The molecule has 8 heteroatoms. The Morgan fingerprint density at radius 2 is 1.89 bits per heavy atom. The first-order valence-electron chi connectivity index (χ1n) is 11.4. The summed E-state index contributed by atoms with van der Waals surface area (Å²) in [6, 6.07) is 22.7. The van der Waals surface area contributed by atoms with Gasteiger partial charge in [-0.15, -0.1) is 0 Å². The van der Waals surface area contributed by atoms with E-state index in [1.807, 2.05) is 67.5 Å². The quantitative estimate of drug-likeness (QED) is 0.441. The Balaban J connectivity index is 1.48. The number of hydrogen-bond acceptors (Lipinski definition) is 5. The molecular weight excluding hydrogens is 464 g/mol. The Morgan fingerprint density at radius 1 is 1.11 bits per heavy atom. The van der Waals surface area contributed by atoms with Gasteiger partial charge in [-0.3, -0.25) is 0 Å². The molecule has 0 spiro atoms. The van der Waals surface area contributed by atoms with Crippen LogP contribution in [0.3, 0.4) is 0 Å². The summed E-state index contributed by atoms with van der Waals surface area (Å²) in [5.41, 5.74) is 4.52. The molecule has 182 valence electrons. The van der Waals surface area contributed by atoms with Gasteiger partial charge < -0.3 is 24.7 Å². The van der Waals surface area contributed by atoms with E-state index in [0.29, 0.717) is 36.0 Å². The standard InChI is InChI=1S/C27H29ClN4O3/c1-31(2)22-13-11-20(12-14-22)25-16-23(35-30-25)18-32(17-19-7-6-8-21(28)15-19)27(33)29-24-9-4-5-10-26(24)34-3/h4-15,23H,16-18H2,1-3H3,(H,29,33). The van der Waals surface area contributed by atoms with Crippen LogP contribution in [0.15, 0.2) is 78.0 Å². The van der Waals surface area contributed by atoms with Gasteiger partial charge in [-0.25, -0.2) is 4.79 Å². The highest BCUT2D eigenvalue weighted by molar-refractivity contribution is 6.30. The highest BCUT2D eigenvalue weighted by Gasteiger charge is 2.27. The minimum atomic E-state index is -0.263. The van der Waals surface area contributed by atoms with E-state index >= 15 is 0 Å². The number of urea groups is 1. The Kier molecular flexibility index (Phi) is 7.77. The van der Waals surface area contributed by atoms with Crippen molar-refractivity contribution in [1.29, 1.82) is 0 Å². The lowest BCUT2D eigenvalue weighted by molar-refractivity contribution is 0.0608. The second-order valence-electron chi connectivity index (χ2n) is 8.55. The van der Waals surface area contributed by atoms with E-state index in [0.717, 1.165) is 22.5 Å². The molecule has 35 heavy (non-hydrogen) atoms. The summed E-state index contributed by atoms with van der Waals surface area (Å²) in [5.74, 6) is 0.590. The van der Waals surface area contributed by atoms with Crippen molar-refractivity contribution in [1.82, 2.24) is 4.90 Å². The van der Waals surface area contributed by atoms with E-state index in [2.05, 4.69) is 22.6 Å². The number of methoxy groups -OCH3 is 1. The Hall–Kier alpha value is -3.71. The van der Waals surface area contributed by atoms with E-state index in [1.165, 1.54) is 0 Å². The fourth-order valence-electron chi connectivity index (χ4n) is 3.91. The van der Waals surface area contributed by atoms with Crippen LogP contribution in [0.4, 0.5) is 16.2 Å². The molecule has 0 radical (unpaired) electrons. The minimum absolute atomic E-state index is 0.262. The van der Waals surface area contributed by atoms with Crippen molar-refractivity contribution >= 4 is 34.7 Å². The molecule has 0 saturated carbocycles. The molecule has 3 aromatic rings. The third-order valence-corrected chi connectivity index (χ3v) is 6.01. The largest absolute Gasteiger partial charge is 0.495 e. The lowest BCUT2D eigenvalue weighted by Crippen LogP contribution is -2.40. The zero-order valence-electron chi connectivity index (χ0n) is 20.1. The van der Waals surface area contributed by atoms with Gasteiger partial charge in [-0.2, -0.15) is 0 Å². The number of amides is 2. The van der Waals surface area contributed by atoms with E-state index in [9.17, 15) is 4.79 Å². The van der Waals surface area contributed by atoms with Crippen LogP contribution in [0.5, 0.6) is 5.75 Å². The number of oxime groups is 1. The predicted octanol–water partition coefficient (Wildman–Crippen LogP) is 5.64. The van der Waals surface area contributed by atoms with Crippen molar-refractivity contribution in [2.24, 2.45) is 5.16 Å². The maximum Gasteiger partial charge on any atom is 0.322 e. The van der Waals surface area contributed by atoms with Crippen LogP contribution in [-0.2, 0) is 11.4 Å². The fraction of sp³-hybridized carbons (Fsp3) is 0.259. The highest BCUT2D eigenvalue weighted by Crippen LogP contribution is 2.25. The average Bonchev–Trinajstić information content (AvgIpc) is 3.32. The van der Waals surface area contributed by atoms with Crippen LogP contribution < -0.4 is 15.0 Å². The molecule has 0 aromatic heterocycles. The van der Waals surface area contributed by atoms with Gasteiger partial charge in [-0.1, -0.05) is 53.2 Å². The van der Waals surface area contributed by atoms with E-state index in [-0.39, 0.29) is 12.1 Å². The number of carbonyl (C=O) groups is 1. The molecule has 1 atom stereocenters. The fourth-order valence-corrected chi connectivity index (χ4v) is 4.12. The molecule has 7 nitrogen and oxygen atoms in total. The number of para-hydroxylation sites is 2. The third-order valence-electron chi connectivity index (χ3n) is 5.77. The molecule has 1 unspecified atom stereocenters. The van der Waals surface area contributed by atoms with Crippen molar-refractivity contribution < 1.29 is 14.4 Å². The molecule has 3 aromatic carbocycles. The van der Waals surface area contributed by atoms with Crippen molar-refractivity contribution in [3.05, 3.63) is 88.9 Å². The van der Waals surface area contributed by atoms with Gasteiger partial charge in [0.15, 0.2) is 6.10 Å². The van der Waals surface area contributed by atoms with Crippen LogP contribution in [0, 0.1) is 0 Å². The number of anilines is 2. The molecule has 1 aliphatic heterocycles. The highest BCUT2D eigenvalue weighted by atomic mass is 35.5. The Bertz CT molecular complexity index is 1200. The first kappa shape index (κ1) is 24.4. The van der Waals surface area contributed by atoms with Crippen LogP contribution >= 0.6 is 11.6 Å². The molecule has 1 aliphatic rings. The summed E-state index contributed by atoms with van der Waals surface area (Å²) in [7, 11) is 5.59. The van der Waals surface area contributed by atoms with Crippen LogP contribution in [0.25, 0.3) is 0 Å². The van der Waals surface area contributed by atoms with E-state index < -0.39 is 0 Å². The summed E-state index contributed by atoms with van der Waals surface area (Å²) in [5, 5.41) is 7.89. The smallest absolute Gasteiger partial charge is 0.322 e. The predicted molar refractivity (Wildman–Crippen MR) is 141 cm³/mol. The van der Waals surface area contributed by atoms with Crippen LogP contribution in [0.1, 0.15) is 17.5 Å². The van der Waals surface area contributed by atoms with Crippen molar-refractivity contribution in [2.75, 3.05) is 38.0 Å². The maximum absolute atomic E-state index is 13.3. The topological polar surface area (TPSA) is 66.4 Å². The minimum Gasteiger partial charge on any atom is -0.495 e. The van der Waals surface area contributed by atoms with Crippen molar-refractivity contribution in [3.8, 4) is 5.75 Å². The van der Waals surface area contributed by atoms with Crippen molar-refractivity contribution in [2.45, 2.75) is 19.1 Å². The first-order chi connectivity index (χ1) is 16.9. The van der Waals surface area contributed by atoms with Gasteiger partial charge in [0.25, 0.3) is 0 Å². The van der Waals surface area contributed by atoms with E-state index in [1.54, 1.807) is 24.1 Å². The molecule has 1 N–H and O–H groups in total. The lowest BCUT2D eigenvalue weighted by Gasteiger charge is -2.25. The third kappa shape index (κ3) is 6.25. The van der Waals surface area contributed by atoms with Gasteiger partial charge in [0.05, 0.1) is 25.1 Å². The number of benzene rings is 3.